The fraction of sp³-hybridized carbons (Fsp3) is 0.455. The molecule has 3 N–H and O–H groups in total. The van der Waals surface area contributed by atoms with E-state index in [0.29, 0.717) is 4.88 Å². The predicted molar refractivity (Wildman–Crippen MR) is 70.2 cm³/mol. The number of carbonyl (C=O) groups is 2. The van der Waals surface area contributed by atoms with Crippen molar-refractivity contribution in [2.45, 2.75) is 18.3 Å². The highest BCUT2D eigenvalue weighted by Gasteiger charge is 2.19. The molecular weight excluding hydrogens is 274 g/mol. The van der Waals surface area contributed by atoms with E-state index in [1.807, 2.05) is 17.8 Å². The predicted octanol–water partition coefficient (Wildman–Crippen LogP) is 0.713. The fourth-order valence-corrected chi connectivity index (χ4v) is 3.91. The number of thiophene rings is 1. The lowest BCUT2D eigenvalue weighted by molar-refractivity contribution is -0.146. The number of hydrogen-bond donors (Lipinski definition) is 3. The van der Waals surface area contributed by atoms with E-state index < -0.39 is 12.1 Å². The van der Waals surface area contributed by atoms with E-state index in [1.165, 1.54) is 21.8 Å². The number of carbonyl (C=O) groups excluding carboxylic acids is 1. The number of carboxylic acids is 1. The summed E-state index contributed by atoms with van der Waals surface area (Å²) < 4.78 is 0. The van der Waals surface area contributed by atoms with Crippen molar-refractivity contribution in [2.75, 3.05) is 12.3 Å². The zero-order valence-electron chi connectivity index (χ0n) is 9.51. The first-order chi connectivity index (χ1) is 8.58. The molecule has 2 heterocycles. The largest absolute Gasteiger partial charge is 0.479 e. The second kappa shape index (κ2) is 5.73. The van der Waals surface area contributed by atoms with E-state index in [0.717, 1.165) is 17.9 Å². The van der Waals surface area contributed by atoms with E-state index in [2.05, 4.69) is 5.32 Å². The standard InChI is InChI=1S/C11H13NO4S2/c13-7(11(15)16)4-12-10(14)9-3-6-5-17-2-1-8(6)18-9/h3,7,13H,1-2,4-5H2,(H,12,14)(H,15,16). The van der Waals surface area contributed by atoms with Crippen molar-refractivity contribution in [3.8, 4) is 0 Å². The number of carboxylic acid groups (broad SMARTS) is 1. The quantitative estimate of drug-likeness (QED) is 0.759. The molecule has 1 aliphatic heterocycles. The van der Waals surface area contributed by atoms with Gasteiger partial charge < -0.3 is 15.5 Å². The minimum atomic E-state index is -1.56. The Balaban J connectivity index is 1.97. The van der Waals surface area contributed by atoms with Gasteiger partial charge in [-0.2, -0.15) is 11.8 Å². The number of thioether (sulfide) groups is 1. The maximum absolute atomic E-state index is 11.8. The molecule has 18 heavy (non-hydrogen) atoms. The Morgan fingerprint density at radius 2 is 2.28 bits per heavy atom. The van der Waals surface area contributed by atoms with Gasteiger partial charge in [-0.05, 0) is 23.8 Å². The molecule has 0 saturated heterocycles. The van der Waals surface area contributed by atoms with Gasteiger partial charge in [-0.15, -0.1) is 11.3 Å². The summed E-state index contributed by atoms with van der Waals surface area (Å²) in [5.41, 5.74) is 1.19. The number of aliphatic carboxylic acids is 1. The molecule has 5 nitrogen and oxygen atoms in total. The Morgan fingerprint density at radius 3 is 2.94 bits per heavy atom. The van der Waals surface area contributed by atoms with Crippen LogP contribution in [0, 0.1) is 0 Å². The van der Waals surface area contributed by atoms with Gasteiger partial charge in [0, 0.05) is 10.6 Å². The first-order valence-electron chi connectivity index (χ1n) is 5.46. The summed E-state index contributed by atoms with van der Waals surface area (Å²) in [6.45, 7) is -0.272. The topological polar surface area (TPSA) is 86.6 Å². The number of nitrogens with one attached hydrogen (secondary N) is 1. The van der Waals surface area contributed by atoms with E-state index in [9.17, 15) is 9.59 Å². The van der Waals surface area contributed by atoms with Crippen molar-refractivity contribution < 1.29 is 19.8 Å². The number of aryl methyl sites for hydroxylation is 1. The van der Waals surface area contributed by atoms with E-state index in [1.54, 1.807) is 0 Å². The molecular formula is C11H13NO4S2. The molecule has 7 heteroatoms. The van der Waals surface area contributed by atoms with Gasteiger partial charge in [-0.1, -0.05) is 0 Å². The minimum absolute atomic E-state index is 0.272. The molecule has 0 radical (unpaired) electrons. The lowest BCUT2D eigenvalue weighted by Crippen LogP contribution is -2.36. The summed E-state index contributed by atoms with van der Waals surface area (Å²) in [6, 6.07) is 1.86. The fourth-order valence-electron chi connectivity index (χ4n) is 1.62. The second-order valence-corrected chi connectivity index (χ2v) is 6.17. The highest BCUT2D eigenvalue weighted by molar-refractivity contribution is 7.98. The Bertz CT molecular complexity index is 448. The van der Waals surface area contributed by atoms with Crippen LogP contribution in [0.15, 0.2) is 6.07 Å². The van der Waals surface area contributed by atoms with Gasteiger partial charge in [0.2, 0.25) is 0 Å². The molecule has 1 aromatic rings. The van der Waals surface area contributed by atoms with Crippen LogP contribution in [0.5, 0.6) is 0 Å². The van der Waals surface area contributed by atoms with Crippen LogP contribution in [-0.4, -0.2) is 40.5 Å². The third kappa shape index (κ3) is 3.04. The lowest BCUT2D eigenvalue weighted by Gasteiger charge is -2.08. The van der Waals surface area contributed by atoms with Gasteiger partial charge in [0.15, 0.2) is 6.10 Å². The first kappa shape index (κ1) is 13.4. The van der Waals surface area contributed by atoms with Gasteiger partial charge in [0.1, 0.15) is 0 Å². The van der Waals surface area contributed by atoms with Crippen LogP contribution >= 0.6 is 23.1 Å². The van der Waals surface area contributed by atoms with Gasteiger partial charge in [-0.25, -0.2) is 4.79 Å². The van der Waals surface area contributed by atoms with Crippen molar-refractivity contribution >= 4 is 35.0 Å². The Morgan fingerprint density at radius 1 is 1.50 bits per heavy atom. The summed E-state index contributed by atoms with van der Waals surface area (Å²) >= 11 is 3.29. The van der Waals surface area contributed by atoms with E-state index in [-0.39, 0.29) is 12.5 Å². The Labute approximate surface area is 112 Å². The van der Waals surface area contributed by atoms with Crippen LogP contribution in [-0.2, 0) is 17.0 Å². The van der Waals surface area contributed by atoms with Crippen LogP contribution in [0.2, 0.25) is 0 Å². The average molecular weight is 287 g/mol. The van der Waals surface area contributed by atoms with Crippen molar-refractivity contribution in [1.29, 1.82) is 0 Å². The summed E-state index contributed by atoms with van der Waals surface area (Å²) in [5, 5.41) is 20.0. The molecule has 0 aliphatic carbocycles. The number of rotatable bonds is 4. The molecule has 1 unspecified atom stereocenters. The van der Waals surface area contributed by atoms with Gasteiger partial charge >= 0.3 is 5.97 Å². The summed E-state index contributed by atoms with van der Waals surface area (Å²) in [7, 11) is 0. The zero-order valence-corrected chi connectivity index (χ0v) is 11.1. The van der Waals surface area contributed by atoms with Gasteiger partial charge in [-0.3, -0.25) is 4.79 Å². The molecule has 1 aliphatic rings. The molecule has 0 bridgehead atoms. The molecule has 0 spiro atoms. The third-order valence-corrected chi connectivity index (χ3v) is 4.84. The monoisotopic (exact) mass is 287 g/mol. The number of aliphatic hydroxyl groups excluding tert-OH is 1. The maximum atomic E-state index is 11.8. The SMILES string of the molecule is O=C(NCC(O)C(=O)O)c1cc2c(s1)CCSC2. The first-order valence-corrected chi connectivity index (χ1v) is 7.43. The van der Waals surface area contributed by atoms with Crippen LogP contribution in [0.3, 0.4) is 0 Å². The summed E-state index contributed by atoms with van der Waals surface area (Å²) in [6.07, 6.45) is -0.575. The number of aliphatic hydroxyl groups is 1. The lowest BCUT2D eigenvalue weighted by atomic mass is 10.2. The smallest absolute Gasteiger partial charge is 0.334 e. The number of amides is 1. The summed E-state index contributed by atoms with van der Waals surface area (Å²) in [4.78, 5) is 24.0. The van der Waals surface area contributed by atoms with Gasteiger partial charge in [0.25, 0.3) is 5.91 Å². The molecule has 0 fully saturated rings. The second-order valence-electron chi connectivity index (χ2n) is 3.93. The van der Waals surface area contributed by atoms with E-state index >= 15 is 0 Å². The van der Waals surface area contributed by atoms with Crippen LogP contribution in [0.4, 0.5) is 0 Å². The average Bonchev–Trinajstić information content (AvgIpc) is 2.79. The van der Waals surface area contributed by atoms with Crippen molar-refractivity contribution in [1.82, 2.24) is 5.32 Å². The maximum Gasteiger partial charge on any atom is 0.334 e. The van der Waals surface area contributed by atoms with Crippen LogP contribution < -0.4 is 5.32 Å². The number of hydrogen-bond acceptors (Lipinski definition) is 5. The highest BCUT2D eigenvalue weighted by atomic mass is 32.2. The Kier molecular flexibility index (Phi) is 4.26. The molecule has 1 atom stereocenters. The van der Waals surface area contributed by atoms with Crippen LogP contribution in [0.1, 0.15) is 20.1 Å². The molecule has 1 amide bonds. The van der Waals surface area contributed by atoms with Crippen LogP contribution in [0.25, 0.3) is 0 Å². The van der Waals surface area contributed by atoms with Gasteiger partial charge in [0.05, 0.1) is 11.4 Å². The number of fused-ring (bicyclic) bond motifs is 1. The van der Waals surface area contributed by atoms with Crippen molar-refractivity contribution in [2.24, 2.45) is 0 Å². The normalized spacial score (nSPS) is 15.8. The minimum Gasteiger partial charge on any atom is -0.479 e. The molecule has 0 aromatic carbocycles. The molecule has 2 rings (SSSR count). The molecule has 98 valence electrons. The third-order valence-electron chi connectivity index (χ3n) is 2.59. The summed E-state index contributed by atoms with van der Waals surface area (Å²) in [5.74, 6) is 0.347. The zero-order chi connectivity index (χ0) is 13.1. The molecule has 1 aromatic heterocycles. The van der Waals surface area contributed by atoms with Crippen molar-refractivity contribution in [3.63, 3.8) is 0 Å². The highest BCUT2D eigenvalue weighted by Crippen LogP contribution is 2.31. The molecule has 0 saturated carbocycles. The van der Waals surface area contributed by atoms with E-state index in [4.69, 9.17) is 10.2 Å². The Hall–Kier alpha value is -1.05. The van der Waals surface area contributed by atoms with Crippen molar-refractivity contribution in [3.05, 3.63) is 21.4 Å².